The smallest absolute Gasteiger partial charge is 0.192 e. The molecule has 4 rings (SSSR count). The van der Waals surface area contributed by atoms with Gasteiger partial charge in [0.05, 0.1) is 16.8 Å². The molecule has 0 fully saturated rings. The van der Waals surface area contributed by atoms with Gasteiger partial charge < -0.3 is 4.42 Å². The van der Waals surface area contributed by atoms with Crippen LogP contribution in [0.15, 0.2) is 57.7 Å². The topological polar surface area (TPSA) is 78.0 Å². The molecule has 2 heterocycles. The summed E-state index contributed by atoms with van der Waals surface area (Å²) >= 11 is 0. The van der Waals surface area contributed by atoms with Crippen molar-refractivity contribution in [2.45, 2.75) is 27.2 Å². The van der Waals surface area contributed by atoms with E-state index in [4.69, 9.17) is 4.42 Å². The number of aromatic nitrogens is 3. The van der Waals surface area contributed by atoms with Crippen molar-refractivity contribution in [3.05, 3.63) is 87.0 Å². The Morgan fingerprint density at radius 1 is 1.04 bits per heavy atom. The van der Waals surface area contributed by atoms with Crippen LogP contribution in [-0.4, -0.2) is 20.8 Å². The maximum atomic E-state index is 12.8. The first kappa shape index (κ1) is 17.9. The van der Waals surface area contributed by atoms with Gasteiger partial charge in [0.1, 0.15) is 11.3 Å². The van der Waals surface area contributed by atoms with Crippen LogP contribution in [0.25, 0.3) is 16.7 Å². The van der Waals surface area contributed by atoms with Crippen LogP contribution in [0.1, 0.15) is 33.1 Å². The summed E-state index contributed by atoms with van der Waals surface area (Å²) in [6.07, 6.45) is 0.154. The van der Waals surface area contributed by atoms with Crippen molar-refractivity contribution in [1.29, 1.82) is 0 Å². The van der Waals surface area contributed by atoms with Crippen LogP contribution in [0.2, 0.25) is 0 Å². The van der Waals surface area contributed by atoms with E-state index in [9.17, 15) is 9.59 Å². The van der Waals surface area contributed by atoms with Crippen LogP contribution in [-0.2, 0) is 6.42 Å². The molecular formula is C22H19N3O3. The van der Waals surface area contributed by atoms with Gasteiger partial charge >= 0.3 is 0 Å². The SMILES string of the molecule is Cc1ccc(-n2nnc(C(=O)Cc3ccc4c(=O)cc(C)oc4c3)c2C)cc1. The Morgan fingerprint density at radius 2 is 1.79 bits per heavy atom. The van der Waals surface area contributed by atoms with Gasteiger partial charge in [-0.15, -0.1) is 5.10 Å². The van der Waals surface area contributed by atoms with Crippen LogP contribution >= 0.6 is 0 Å². The van der Waals surface area contributed by atoms with Crippen molar-refractivity contribution in [2.24, 2.45) is 0 Å². The summed E-state index contributed by atoms with van der Waals surface area (Å²) in [7, 11) is 0. The highest BCUT2D eigenvalue weighted by Crippen LogP contribution is 2.18. The molecule has 0 aliphatic carbocycles. The molecule has 6 heteroatoms. The normalized spacial score (nSPS) is 11.1. The number of hydrogen-bond acceptors (Lipinski definition) is 5. The van der Waals surface area contributed by atoms with E-state index in [1.165, 1.54) is 6.07 Å². The van der Waals surface area contributed by atoms with Gasteiger partial charge in [-0.3, -0.25) is 9.59 Å². The summed E-state index contributed by atoms with van der Waals surface area (Å²) in [5.41, 5.74) is 4.19. The van der Waals surface area contributed by atoms with Crippen LogP contribution in [0.3, 0.4) is 0 Å². The Kier molecular flexibility index (Phi) is 4.39. The lowest BCUT2D eigenvalue weighted by atomic mass is 10.0. The molecule has 2 aromatic heterocycles. The third-order valence-corrected chi connectivity index (χ3v) is 4.72. The van der Waals surface area contributed by atoms with Gasteiger partial charge in [0.15, 0.2) is 16.9 Å². The molecule has 0 amide bonds. The monoisotopic (exact) mass is 373 g/mol. The summed E-state index contributed by atoms with van der Waals surface area (Å²) < 4.78 is 7.28. The number of carbonyl (C=O) groups excluding carboxylic acids is 1. The second-order valence-corrected chi connectivity index (χ2v) is 6.92. The first-order valence-corrected chi connectivity index (χ1v) is 8.98. The standard InChI is InChI=1S/C22H19N3O3/c1-13-4-7-17(8-5-13)25-15(3)22(23-24-25)20(27)11-16-6-9-18-19(26)10-14(2)28-21(18)12-16/h4-10,12H,11H2,1-3H3. The van der Waals surface area contributed by atoms with Gasteiger partial charge in [-0.2, -0.15) is 0 Å². The molecule has 140 valence electrons. The lowest BCUT2D eigenvalue weighted by molar-refractivity contribution is 0.0987. The van der Waals surface area contributed by atoms with Crippen LogP contribution < -0.4 is 5.43 Å². The minimum absolute atomic E-state index is 0.0893. The first-order valence-electron chi connectivity index (χ1n) is 8.98. The molecule has 0 radical (unpaired) electrons. The lowest BCUT2D eigenvalue weighted by Gasteiger charge is -2.05. The highest BCUT2D eigenvalue weighted by molar-refractivity contribution is 5.97. The largest absolute Gasteiger partial charge is 0.461 e. The number of ketones is 1. The molecule has 0 saturated carbocycles. The Balaban J connectivity index is 1.63. The Bertz CT molecular complexity index is 1250. The van der Waals surface area contributed by atoms with Crippen LogP contribution in [0.5, 0.6) is 0 Å². The Morgan fingerprint density at radius 3 is 2.54 bits per heavy atom. The number of fused-ring (bicyclic) bond motifs is 1. The highest BCUT2D eigenvalue weighted by Gasteiger charge is 2.18. The molecule has 0 saturated heterocycles. The summed E-state index contributed by atoms with van der Waals surface area (Å²) in [5.74, 6) is 0.406. The Hall–Kier alpha value is -3.54. The van der Waals surface area contributed by atoms with E-state index in [1.807, 2.05) is 38.1 Å². The molecular weight excluding hydrogens is 354 g/mol. The molecule has 0 atom stereocenters. The maximum absolute atomic E-state index is 12.8. The van der Waals surface area contributed by atoms with Gasteiger partial charge in [0.2, 0.25) is 0 Å². The van der Waals surface area contributed by atoms with Crippen LogP contribution in [0.4, 0.5) is 0 Å². The van der Waals surface area contributed by atoms with Crippen LogP contribution in [0, 0.1) is 20.8 Å². The zero-order valence-electron chi connectivity index (χ0n) is 15.9. The van der Waals surface area contributed by atoms with Crippen molar-refractivity contribution in [3.8, 4) is 5.69 Å². The number of hydrogen-bond donors (Lipinski definition) is 0. The van der Waals surface area contributed by atoms with Crippen molar-refractivity contribution in [1.82, 2.24) is 15.0 Å². The van der Waals surface area contributed by atoms with Crippen molar-refractivity contribution in [2.75, 3.05) is 0 Å². The highest BCUT2D eigenvalue weighted by atomic mass is 16.3. The van der Waals surface area contributed by atoms with Gasteiger partial charge in [0, 0.05) is 12.5 Å². The fourth-order valence-electron chi connectivity index (χ4n) is 3.22. The Labute approximate surface area is 161 Å². The predicted molar refractivity (Wildman–Crippen MR) is 106 cm³/mol. The van der Waals surface area contributed by atoms with E-state index in [-0.39, 0.29) is 17.6 Å². The van der Waals surface area contributed by atoms with Gasteiger partial charge in [0.25, 0.3) is 0 Å². The van der Waals surface area contributed by atoms with E-state index >= 15 is 0 Å². The fraction of sp³-hybridized carbons (Fsp3) is 0.182. The number of rotatable bonds is 4. The summed E-state index contributed by atoms with van der Waals surface area (Å²) in [5, 5.41) is 8.73. The number of nitrogens with zero attached hydrogens (tertiary/aromatic N) is 3. The second kappa shape index (κ2) is 6.88. The van der Waals surface area contributed by atoms with Gasteiger partial charge in [-0.05, 0) is 50.6 Å². The average molecular weight is 373 g/mol. The van der Waals surface area contributed by atoms with Crippen molar-refractivity contribution in [3.63, 3.8) is 0 Å². The van der Waals surface area contributed by atoms with Gasteiger partial charge in [-0.1, -0.05) is 29.0 Å². The minimum Gasteiger partial charge on any atom is -0.461 e. The first-order chi connectivity index (χ1) is 13.4. The predicted octanol–water partition coefficient (Wildman–Crippen LogP) is 3.72. The van der Waals surface area contributed by atoms with E-state index in [2.05, 4.69) is 10.3 Å². The molecule has 2 aromatic carbocycles. The summed E-state index contributed by atoms with van der Waals surface area (Å²) in [6.45, 7) is 5.57. The maximum Gasteiger partial charge on any atom is 0.192 e. The quantitative estimate of drug-likeness (QED) is 0.510. The van der Waals surface area contributed by atoms with Gasteiger partial charge in [-0.25, -0.2) is 4.68 Å². The fourth-order valence-corrected chi connectivity index (χ4v) is 3.22. The average Bonchev–Trinajstić information content (AvgIpc) is 3.03. The molecule has 0 aliphatic rings. The molecule has 4 aromatic rings. The molecule has 0 bridgehead atoms. The van der Waals surface area contributed by atoms with E-state index in [0.717, 1.165) is 16.8 Å². The third-order valence-electron chi connectivity index (χ3n) is 4.72. The van der Waals surface area contributed by atoms with Crippen molar-refractivity contribution < 1.29 is 9.21 Å². The molecule has 0 aliphatic heterocycles. The molecule has 0 N–H and O–H groups in total. The molecule has 28 heavy (non-hydrogen) atoms. The molecule has 6 nitrogen and oxygen atoms in total. The summed E-state index contributed by atoms with van der Waals surface area (Å²) in [4.78, 5) is 24.8. The van der Waals surface area contributed by atoms with E-state index < -0.39 is 0 Å². The van der Waals surface area contributed by atoms with Crippen molar-refractivity contribution >= 4 is 16.8 Å². The van der Waals surface area contributed by atoms with E-state index in [1.54, 1.807) is 29.8 Å². The molecule has 0 spiro atoms. The number of carbonyl (C=O) groups is 1. The second-order valence-electron chi connectivity index (χ2n) is 6.92. The molecule has 0 unspecified atom stereocenters. The number of aryl methyl sites for hydroxylation is 2. The lowest BCUT2D eigenvalue weighted by Crippen LogP contribution is -2.08. The third kappa shape index (κ3) is 3.24. The summed E-state index contributed by atoms with van der Waals surface area (Å²) in [6, 6.07) is 14.5. The number of Topliss-reactive ketones (excluding diaryl/α,β-unsaturated/α-hetero) is 1. The van der Waals surface area contributed by atoms with E-state index in [0.29, 0.717) is 28.1 Å². The minimum atomic E-state index is -0.134. The zero-order chi connectivity index (χ0) is 19.8. The number of benzene rings is 2. The zero-order valence-corrected chi connectivity index (χ0v) is 15.9.